The Hall–Kier alpha value is -2.64. The van der Waals surface area contributed by atoms with Crippen molar-refractivity contribution in [3.8, 4) is 5.75 Å². The number of nitrogens with zero attached hydrogens (tertiary/aromatic N) is 3. The first-order valence-electron chi connectivity index (χ1n) is 8.36. The second kappa shape index (κ2) is 8.64. The van der Waals surface area contributed by atoms with Gasteiger partial charge in [-0.05, 0) is 38.5 Å². The van der Waals surface area contributed by atoms with Crippen LogP contribution in [0.3, 0.4) is 0 Å². The van der Waals surface area contributed by atoms with Gasteiger partial charge in [0.05, 0.1) is 18.7 Å². The maximum absolute atomic E-state index is 12.9. The zero-order valence-corrected chi connectivity index (χ0v) is 15.3. The number of amides is 2. The number of hydrogen-bond donors (Lipinski definition) is 1. The van der Waals surface area contributed by atoms with E-state index in [-0.39, 0.29) is 30.5 Å². The molecule has 0 saturated heterocycles. The number of ether oxygens (including phenoxy) is 1. The highest BCUT2D eigenvalue weighted by Gasteiger charge is 2.18. The molecule has 2 aromatic rings. The molecular weight excluding hydrogens is 342 g/mol. The first-order chi connectivity index (χ1) is 12.3. The number of carbonyl (C=O) groups is 1. The van der Waals surface area contributed by atoms with Gasteiger partial charge in [-0.15, -0.1) is 0 Å². The van der Waals surface area contributed by atoms with Gasteiger partial charge < -0.3 is 15.0 Å². The predicted molar refractivity (Wildman–Crippen MR) is 94.1 cm³/mol. The molecule has 26 heavy (non-hydrogen) atoms. The van der Waals surface area contributed by atoms with Gasteiger partial charge in [0, 0.05) is 19.4 Å². The lowest BCUT2D eigenvalue weighted by Gasteiger charge is -2.22. The highest BCUT2D eigenvalue weighted by atomic mass is 19.3. The van der Waals surface area contributed by atoms with Crippen molar-refractivity contribution in [3.63, 3.8) is 0 Å². The van der Waals surface area contributed by atoms with Crippen LogP contribution in [-0.2, 0) is 6.54 Å². The summed E-state index contributed by atoms with van der Waals surface area (Å²) in [6, 6.07) is 6.83. The van der Waals surface area contributed by atoms with Crippen LogP contribution in [-0.4, -0.2) is 33.6 Å². The molecule has 8 heteroatoms. The Morgan fingerprint density at radius 2 is 2.08 bits per heavy atom. The predicted octanol–water partition coefficient (Wildman–Crippen LogP) is 3.97. The minimum Gasteiger partial charge on any atom is -0.491 e. The lowest BCUT2D eigenvalue weighted by Crippen LogP contribution is -2.38. The molecule has 0 aliphatic rings. The van der Waals surface area contributed by atoms with Crippen molar-refractivity contribution < 1.29 is 18.3 Å². The SMILES string of the molecule is CC(C)Oc1cccc(C(C)NC(=O)N(C)Cc2nccn2C(F)F)c1. The van der Waals surface area contributed by atoms with Crippen LogP contribution in [0.4, 0.5) is 13.6 Å². The molecule has 2 rings (SSSR count). The van der Waals surface area contributed by atoms with Crippen LogP contribution in [0.1, 0.15) is 44.8 Å². The first-order valence-corrected chi connectivity index (χ1v) is 8.36. The van der Waals surface area contributed by atoms with Crippen molar-refractivity contribution in [3.05, 3.63) is 48.0 Å². The topological polar surface area (TPSA) is 59.4 Å². The summed E-state index contributed by atoms with van der Waals surface area (Å²) in [7, 11) is 1.53. The van der Waals surface area contributed by atoms with Gasteiger partial charge in [-0.3, -0.25) is 4.57 Å². The van der Waals surface area contributed by atoms with Crippen molar-refractivity contribution >= 4 is 6.03 Å². The molecule has 6 nitrogen and oxygen atoms in total. The van der Waals surface area contributed by atoms with Gasteiger partial charge in [-0.1, -0.05) is 12.1 Å². The number of imidazole rings is 1. The maximum atomic E-state index is 12.9. The van der Waals surface area contributed by atoms with E-state index in [0.29, 0.717) is 0 Å². The lowest BCUT2D eigenvalue weighted by atomic mass is 10.1. The number of nitrogens with one attached hydrogen (secondary N) is 1. The van der Waals surface area contributed by atoms with Crippen LogP contribution in [0, 0.1) is 0 Å². The normalized spacial score (nSPS) is 12.3. The standard InChI is InChI=1S/C18H24F2N4O2/c1-12(2)26-15-7-5-6-14(10-15)13(3)22-18(25)23(4)11-16-21-8-9-24(16)17(19)20/h5-10,12-13,17H,11H2,1-4H3,(H,22,25). The van der Waals surface area contributed by atoms with E-state index < -0.39 is 6.55 Å². The van der Waals surface area contributed by atoms with Gasteiger partial charge >= 0.3 is 12.6 Å². The van der Waals surface area contributed by atoms with Gasteiger partial charge in [-0.25, -0.2) is 9.78 Å². The Kier molecular flexibility index (Phi) is 6.54. The van der Waals surface area contributed by atoms with Crippen LogP contribution in [0.2, 0.25) is 0 Å². The molecule has 1 heterocycles. The number of aromatic nitrogens is 2. The first kappa shape index (κ1) is 19.7. The van der Waals surface area contributed by atoms with Gasteiger partial charge in [0.2, 0.25) is 0 Å². The largest absolute Gasteiger partial charge is 0.491 e. The number of rotatable bonds is 7. The van der Waals surface area contributed by atoms with E-state index in [1.165, 1.54) is 24.3 Å². The van der Waals surface area contributed by atoms with Crippen molar-refractivity contribution in [1.82, 2.24) is 19.8 Å². The average Bonchev–Trinajstić information content (AvgIpc) is 3.02. The number of halogens is 2. The van der Waals surface area contributed by atoms with Gasteiger partial charge in [-0.2, -0.15) is 8.78 Å². The number of alkyl halides is 2. The minimum atomic E-state index is -2.69. The summed E-state index contributed by atoms with van der Waals surface area (Å²) in [5, 5.41) is 2.84. The number of hydrogen-bond acceptors (Lipinski definition) is 3. The molecule has 1 unspecified atom stereocenters. The molecule has 0 radical (unpaired) electrons. The smallest absolute Gasteiger partial charge is 0.319 e. The fourth-order valence-corrected chi connectivity index (χ4v) is 2.44. The van der Waals surface area contributed by atoms with Crippen molar-refractivity contribution in [2.75, 3.05) is 7.05 Å². The maximum Gasteiger partial charge on any atom is 0.319 e. The Labute approximate surface area is 151 Å². The summed E-state index contributed by atoms with van der Waals surface area (Å²) in [6.07, 6.45) is 2.53. The quantitative estimate of drug-likeness (QED) is 0.807. The van der Waals surface area contributed by atoms with Crippen LogP contribution in [0.5, 0.6) is 5.75 Å². The summed E-state index contributed by atoms with van der Waals surface area (Å²) in [4.78, 5) is 17.5. The Balaban J connectivity index is 1.98. The summed E-state index contributed by atoms with van der Waals surface area (Å²) < 4.78 is 32.1. The molecule has 0 saturated carbocycles. The molecule has 1 aromatic heterocycles. The van der Waals surface area contributed by atoms with Crippen LogP contribution < -0.4 is 10.1 Å². The van der Waals surface area contributed by atoms with E-state index in [9.17, 15) is 13.6 Å². The molecule has 0 bridgehead atoms. The number of urea groups is 1. The lowest BCUT2D eigenvalue weighted by molar-refractivity contribution is 0.0650. The zero-order chi connectivity index (χ0) is 19.3. The number of benzene rings is 1. The van der Waals surface area contributed by atoms with E-state index >= 15 is 0 Å². The molecule has 0 aliphatic heterocycles. The third kappa shape index (κ3) is 5.18. The Morgan fingerprint density at radius 1 is 1.35 bits per heavy atom. The highest BCUT2D eigenvalue weighted by Crippen LogP contribution is 2.20. The second-order valence-corrected chi connectivity index (χ2v) is 6.29. The molecule has 1 aromatic carbocycles. The Morgan fingerprint density at radius 3 is 2.73 bits per heavy atom. The number of carbonyl (C=O) groups excluding carboxylic acids is 1. The fraction of sp³-hybridized carbons (Fsp3) is 0.444. The molecule has 0 fully saturated rings. The van der Waals surface area contributed by atoms with Crippen LogP contribution >= 0.6 is 0 Å². The van der Waals surface area contributed by atoms with Gasteiger partial charge in [0.15, 0.2) is 0 Å². The van der Waals surface area contributed by atoms with E-state index in [4.69, 9.17) is 4.74 Å². The second-order valence-electron chi connectivity index (χ2n) is 6.29. The van der Waals surface area contributed by atoms with Crippen molar-refractivity contribution in [2.45, 2.75) is 46.0 Å². The fourth-order valence-electron chi connectivity index (χ4n) is 2.44. The molecule has 1 atom stereocenters. The molecule has 2 amide bonds. The summed E-state index contributed by atoms with van der Waals surface area (Å²) in [5.74, 6) is 0.851. The minimum absolute atomic E-state index is 0.0214. The van der Waals surface area contributed by atoms with Crippen LogP contribution in [0.15, 0.2) is 36.7 Å². The van der Waals surface area contributed by atoms with E-state index in [1.54, 1.807) is 0 Å². The Bertz CT molecular complexity index is 733. The summed E-state index contributed by atoms with van der Waals surface area (Å²) >= 11 is 0. The molecule has 0 spiro atoms. The average molecular weight is 366 g/mol. The van der Waals surface area contributed by atoms with E-state index in [2.05, 4.69) is 10.3 Å². The summed E-state index contributed by atoms with van der Waals surface area (Å²) in [5.41, 5.74) is 0.888. The zero-order valence-electron chi connectivity index (χ0n) is 15.3. The van der Waals surface area contributed by atoms with Crippen molar-refractivity contribution in [1.29, 1.82) is 0 Å². The van der Waals surface area contributed by atoms with Crippen LogP contribution in [0.25, 0.3) is 0 Å². The van der Waals surface area contributed by atoms with Gasteiger partial charge in [0.1, 0.15) is 11.6 Å². The van der Waals surface area contributed by atoms with E-state index in [0.717, 1.165) is 15.9 Å². The molecule has 142 valence electrons. The van der Waals surface area contributed by atoms with Gasteiger partial charge in [0.25, 0.3) is 0 Å². The highest BCUT2D eigenvalue weighted by molar-refractivity contribution is 5.74. The molecular formula is C18H24F2N4O2. The third-order valence-corrected chi connectivity index (χ3v) is 3.75. The third-order valence-electron chi connectivity index (χ3n) is 3.75. The monoisotopic (exact) mass is 366 g/mol. The molecule has 1 N–H and O–H groups in total. The van der Waals surface area contributed by atoms with Crippen molar-refractivity contribution in [2.24, 2.45) is 0 Å². The summed E-state index contributed by atoms with van der Waals surface area (Å²) in [6.45, 7) is 3.02. The molecule has 0 aliphatic carbocycles. The van der Waals surface area contributed by atoms with E-state index in [1.807, 2.05) is 45.0 Å².